The summed E-state index contributed by atoms with van der Waals surface area (Å²) in [6, 6.07) is 8.89. The van der Waals surface area contributed by atoms with Gasteiger partial charge in [0.1, 0.15) is 0 Å². The molecule has 2 heteroatoms. The van der Waals surface area contributed by atoms with Crippen molar-refractivity contribution in [1.29, 1.82) is 0 Å². The summed E-state index contributed by atoms with van der Waals surface area (Å²) >= 11 is 0. The summed E-state index contributed by atoms with van der Waals surface area (Å²) in [5, 5.41) is 8.90. The van der Waals surface area contributed by atoms with E-state index in [4.69, 9.17) is 5.11 Å². The zero-order chi connectivity index (χ0) is 12.1. The molecule has 1 N–H and O–H groups in total. The molecule has 0 aliphatic carbocycles. The Labute approximate surface area is 104 Å². The Morgan fingerprint density at radius 2 is 2.00 bits per heavy atom. The predicted molar refractivity (Wildman–Crippen MR) is 71.9 cm³/mol. The molecule has 0 radical (unpaired) electrons. The van der Waals surface area contributed by atoms with Gasteiger partial charge < -0.3 is 5.11 Å². The standard InChI is InChI=1S/C15H21NO/c1-2-13-3-5-14(6-4-13)15-7-9-16(10-8-15)11-12-17/h3-7,17H,2,8-12H2,1H3. The number of rotatable bonds is 4. The van der Waals surface area contributed by atoms with Crippen LogP contribution in [0.5, 0.6) is 0 Å². The predicted octanol–water partition coefficient (Wildman–Crippen LogP) is 2.33. The highest BCUT2D eigenvalue weighted by molar-refractivity contribution is 5.66. The monoisotopic (exact) mass is 231 g/mol. The van der Waals surface area contributed by atoms with Crippen LogP contribution in [0.2, 0.25) is 0 Å². The third kappa shape index (κ3) is 3.18. The van der Waals surface area contributed by atoms with Crippen LogP contribution < -0.4 is 0 Å². The maximum absolute atomic E-state index is 8.90. The van der Waals surface area contributed by atoms with E-state index >= 15 is 0 Å². The lowest BCUT2D eigenvalue weighted by atomic mass is 9.98. The Morgan fingerprint density at radius 1 is 1.24 bits per heavy atom. The van der Waals surface area contributed by atoms with Crippen molar-refractivity contribution in [1.82, 2.24) is 4.90 Å². The molecule has 1 aromatic rings. The van der Waals surface area contributed by atoms with E-state index in [0.717, 1.165) is 32.5 Å². The van der Waals surface area contributed by atoms with Crippen molar-refractivity contribution in [2.24, 2.45) is 0 Å². The summed E-state index contributed by atoms with van der Waals surface area (Å²) in [5.74, 6) is 0. The van der Waals surface area contributed by atoms with Crippen LogP contribution in [0.3, 0.4) is 0 Å². The van der Waals surface area contributed by atoms with E-state index in [1.165, 1.54) is 16.7 Å². The molecule has 1 aliphatic rings. The van der Waals surface area contributed by atoms with Crippen LogP contribution in [-0.2, 0) is 6.42 Å². The molecule has 17 heavy (non-hydrogen) atoms. The molecule has 0 aromatic heterocycles. The number of benzene rings is 1. The number of hydrogen-bond acceptors (Lipinski definition) is 2. The second kappa shape index (κ2) is 5.99. The van der Waals surface area contributed by atoms with Crippen molar-refractivity contribution in [2.75, 3.05) is 26.2 Å². The third-order valence-corrected chi connectivity index (χ3v) is 3.44. The average Bonchev–Trinajstić information content (AvgIpc) is 2.40. The molecule has 1 heterocycles. The molecule has 0 bridgehead atoms. The van der Waals surface area contributed by atoms with Gasteiger partial charge in [-0.2, -0.15) is 0 Å². The zero-order valence-electron chi connectivity index (χ0n) is 10.5. The van der Waals surface area contributed by atoms with Gasteiger partial charge in [-0.15, -0.1) is 0 Å². The van der Waals surface area contributed by atoms with Gasteiger partial charge in [0.25, 0.3) is 0 Å². The van der Waals surface area contributed by atoms with Crippen LogP contribution in [0.1, 0.15) is 24.5 Å². The van der Waals surface area contributed by atoms with Gasteiger partial charge in [-0.05, 0) is 29.5 Å². The number of aliphatic hydroxyl groups is 1. The maximum atomic E-state index is 8.90. The summed E-state index contributed by atoms with van der Waals surface area (Å²) in [6.45, 7) is 5.25. The molecule has 0 spiro atoms. The molecule has 0 unspecified atom stereocenters. The zero-order valence-corrected chi connectivity index (χ0v) is 10.5. The van der Waals surface area contributed by atoms with E-state index in [-0.39, 0.29) is 6.61 Å². The highest BCUT2D eigenvalue weighted by atomic mass is 16.3. The van der Waals surface area contributed by atoms with Gasteiger partial charge in [0, 0.05) is 19.6 Å². The molecule has 2 rings (SSSR count). The van der Waals surface area contributed by atoms with E-state index in [0.29, 0.717) is 0 Å². The van der Waals surface area contributed by atoms with E-state index in [1.807, 2.05) is 0 Å². The largest absolute Gasteiger partial charge is 0.395 e. The molecule has 0 fully saturated rings. The number of aliphatic hydroxyl groups excluding tert-OH is 1. The lowest BCUT2D eigenvalue weighted by Gasteiger charge is -2.25. The Kier molecular flexibility index (Phi) is 4.35. The van der Waals surface area contributed by atoms with Crippen molar-refractivity contribution < 1.29 is 5.11 Å². The Balaban J connectivity index is 2.03. The fourth-order valence-corrected chi connectivity index (χ4v) is 2.27. The van der Waals surface area contributed by atoms with Gasteiger partial charge in [0.05, 0.1) is 6.61 Å². The topological polar surface area (TPSA) is 23.5 Å². The van der Waals surface area contributed by atoms with Crippen LogP contribution in [-0.4, -0.2) is 36.2 Å². The molecule has 0 amide bonds. The Hall–Kier alpha value is -1.12. The third-order valence-electron chi connectivity index (χ3n) is 3.44. The minimum Gasteiger partial charge on any atom is -0.395 e. The molecule has 2 nitrogen and oxygen atoms in total. The summed E-state index contributed by atoms with van der Waals surface area (Å²) in [7, 11) is 0. The highest BCUT2D eigenvalue weighted by Gasteiger charge is 2.11. The van der Waals surface area contributed by atoms with E-state index < -0.39 is 0 Å². The van der Waals surface area contributed by atoms with E-state index in [9.17, 15) is 0 Å². The quantitative estimate of drug-likeness (QED) is 0.859. The molecular formula is C15H21NO. The lowest BCUT2D eigenvalue weighted by molar-refractivity contribution is 0.208. The van der Waals surface area contributed by atoms with E-state index in [1.54, 1.807) is 0 Å². The molecule has 0 atom stereocenters. The summed E-state index contributed by atoms with van der Waals surface area (Å²) in [6.07, 6.45) is 4.48. The van der Waals surface area contributed by atoms with Crippen molar-refractivity contribution in [3.63, 3.8) is 0 Å². The lowest BCUT2D eigenvalue weighted by Crippen LogP contribution is -2.31. The van der Waals surface area contributed by atoms with Crippen molar-refractivity contribution in [3.8, 4) is 0 Å². The Morgan fingerprint density at radius 3 is 2.53 bits per heavy atom. The number of aryl methyl sites for hydroxylation is 1. The minimum absolute atomic E-state index is 0.258. The van der Waals surface area contributed by atoms with Crippen LogP contribution >= 0.6 is 0 Å². The average molecular weight is 231 g/mol. The van der Waals surface area contributed by atoms with E-state index in [2.05, 4.69) is 42.2 Å². The van der Waals surface area contributed by atoms with Gasteiger partial charge in [-0.1, -0.05) is 37.3 Å². The molecule has 0 saturated heterocycles. The van der Waals surface area contributed by atoms with Crippen LogP contribution in [0, 0.1) is 0 Å². The molecule has 1 aromatic carbocycles. The first kappa shape index (κ1) is 12.3. The number of hydrogen-bond donors (Lipinski definition) is 1. The first-order valence-electron chi connectivity index (χ1n) is 6.45. The number of β-amino-alcohol motifs (C(OH)–C–C–N with tert-alkyl or cyclic N) is 1. The maximum Gasteiger partial charge on any atom is 0.0558 e. The van der Waals surface area contributed by atoms with Crippen LogP contribution in [0.4, 0.5) is 0 Å². The summed E-state index contributed by atoms with van der Waals surface area (Å²) < 4.78 is 0. The molecule has 0 saturated carbocycles. The van der Waals surface area contributed by atoms with Gasteiger partial charge in [0.2, 0.25) is 0 Å². The van der Waals surface area contributed by atoms with Gasteiger partial charge in [-0.3, -0.25) is 4.90 Å². The van der Waals surface area contributed by atoms with Crippen LogP contribution in [0.25, 0.3) is 5.57 Å². The molecule has 92 valence electrons. The smallest absolute Gasteiger partial charge is 0.0558 e. The van der Waals surface area contributed by atoms with Crippen LogP contribution in [0.15, 0.2) is 30.3 Å². The van der Waals surface area contributed by atoms with Crippen molar-refractivity contribution in [2.45, 2.75) is 19.8 Å². The molecule has 1 aliphatic heterocycles. The fourth-order valence-electron chi connectivity index (χ4n) is 2.27. The Bertz CT molecular complexity index is 380. The van der Waals surface area contributed by atoms with Gasteiger partial charge >= 0.3 is 0 Å². The SMILES string of the molecule is CCc1ccc(C2=CCN(CCO)CC2)cc1. The second-order valence-electron chi connectivity index (χ2n) is 4.55. The van der Waals surface area contributed by atoms with Crippen molar-refractivity contribution >= 4 is 5.57 Å². The number of nitrogens with zero attached hydrogens (tertiary/aromatic N) is 1. The summed E-state index contributed by atoms with van der Waals surface area (Å²) in [5.41, 5.74) is 4.19. The first-order chi connectivity index (χ1) is 8.33. The first-order valence-corrected chi connectivity index (χ1v) is 6.45. The second-order valence-corrected chi connectivity index (χ2v) is 4.55. The van der Waals surface area contributed by atoms with Gasteiger partial charge in [0.15, 0.2) is 0 Å². The normalized spacial score (nSPS) is 16.9. The fraction of sp³-hybridized carbons (Fsp3) is 0.467. The van der Waals surface area contributed by atoms with Gasteiger partial charge in [-0.25, -0.2) is 0 Å². The minimum atomic E-state index is 0.258. The highest BCUT2D eigenvalue weighted by Crippen LogP contribution is 2.22. The van der Waals surface area contributed by atoms with Crippen molar-refractivity contribution in [3.05, 3.63) is 41.5 Å². The summed E-state index contributed by atoms with van der Waals surface area (Å²) in [4.78, 5) is 2.28. The molecular weight excluding hydrogens is 210 g/mol.